The Morgan fingerprint density at radius 2 is 1.79 bits per heavy atom. The first kappa shape index (κ1) is 28.5. The van der Waals surface area contributed by atoms with E-state index >= 15 is 0 Å². The lowest BCUT2D eigenvalue weighted by molar-refractivity contribution is -0.142. The number of amides is 3. The second-order valence-electron chi connectivity index (χ2n) is 12.3. The molecule has 0 radical (unpaired) electrons. The zero-order valence-corrected chi connectivity index (χ0v) is 24.7. The average molecular weight is 572 g/mol. The molecular weight excluding hydrogens is 530 g/mol. The van der Waals surface area contributed by atoms with Crippen molar-refractivity contribution >= 4 is 23.4 Å². The number of ether oxygens (including phenoxy) is 2. The van der Waals surface area contributed by atoms with E-state index in [1.54, 1.807) is 4.90 Å². The van der Waals surface area contributed by atoms with E-state index in [4.69, 9.17) is 9.47 Å². The summed E-state index contributed by atoms with van der Waals surface area (Å²) in [6.07, 6.45) is 8.32. The zero-order valence-electron chi connectivity index (χ0n) is 24.7. The summed E-state index contributed by atoms with van der Waals surface area (Å²) in [6.45, 7) is 6.83. The Kier molecular flexibility index (Phi) is 7.83. The van der Waals surface area contributed by atoms with Gasteiger partial charge in [-0.1, -0.05) is 75.6 Å². The van der Waals surface area contributed by atoms with Crippen LogP contribution in [-0.4, -0.2) is 53.0 Å². The monoisotopic (exact) mass is 571 g/mol. The van der Waals surface area contributed by atoms with Crippen molar-refractivity contribution in [3.8, 4) is 5.75 Å². The summed E-state index contributed by atoms with van der Waals surface area (Å²) in [5.74, 6) is -1.23. The van der Waals surface area contributed by atoms with Crippen LogP contribution in [0.3, 0.4) is 0 Å². The number of hydrogen-bond acceptors (Lipinski definition) is 5. The number of para-hydroxylation sites is 1. The van der Waals surface area contributed by atoms with Crippen molar-refractivity contribution in [1.82, 2.24) is 10.2 Å². The van der Waals surface area contributed by atoms with E-state index in [1.807, 2.05) is 67.6 Å². The van der Waals surface area contributed by atoms with Gasteiger partial charge in [0, 0.05) is 17.3 Å². The molecular formula is C34H41N3O5. The molecule has 3 amide bonds. The minimum absolute atomic E-state index is 0.0739. The fourth-order valence-corrected chi connectivity index (χ4v) is 7.26. The Labute approximate surface area is 247 Å². The van der Waals surface area contributed by atoms with Gasteiger partial charge in [0.2, 0.25) is 17.7 Å². The molecule has 3 aliphatic heterocycles. The lowest BCUT2D eigenvalue weighted by Crippen LogP contribution is -2.56. The first-order chi connectivity index (χ1) is 20.3. The molecule has 3 heterocycles. The van der Waals surface area contributed by atoms with Crippen LogP contribution in [0.1, 0.15) is 69.9 Å². The molecule has 0 unspecified atom stereocenters. The Morgan fingerprint density at radius 1 is 1.05 bits per heavy atom. The van der Waals surface area contributed by atoms with Crippen molar-refractivity contribution in [1.29, 1.82) is 0 Å². The van der Waals surface area contributed by atoms with Gasteiger partial charge in [0.25, 0.3) is 0 Å². The maximum atomic E-state index is 14.4. The highest BCUT2D eigenvalue weighted by Crippen LogP contribution is 2.55. The highest BCUT2D eigenvalue weighted by Gasteiger charge is 2.72. The number of carbonyl (C=O) groups excluding carboxylic acids is 3. The zero-order chi connectivity index (χ0) is 29.4. The largest absolute Gasteiger partial charge is 0.494 e. The molecule has 5 atom stereocenters. The molecule has 0 aromatic heterocycles. The first-order valence-electron chi connectivity index (χ1n) is 15.4. The van der Waals surface area contributed by atoms with Crippen LogP contribution < -0.4 is 15.4 Å². The molecule has 2 bridgehead atoms. The minimum atomic E-state index is -1.20. The van der Waals surface area contributed by atoms with Crippen molar-refractivity contribution in [2.24, 2.45) is 11.8 Å². The maximum absolute atomic E-state index is 14.4. The first-order valence-corrected chi connectivity index (χ1v) is 15.4. The van der Waals surface area contributed by atoms with Crippen LogP contribution in [-0.2, 0) is 25.7 Å². The Bertz CT molecular complexity index is 1370. The number of hydrogen-bond donors (Lipinski definition) is 2. The average Bonchev–Trinajstić information content (AvgIpc) is 3.62. The summed E-state index contributed by atoms with van der Waals surface area (Å²) in [6, 6.07) is 14.5. The smallest absolute Gasteiger partial charge is 0.246 e. The fourth-order valence-electron chi connectivity index (χ4n) is 7.26. The van der Waals surface area contributed by atoms with Crippen LogP contribution in [0.15, 0.2) is 60.7 Å². The molecule has 8 heteroatoms. The molecule has 2 N–H and O–H groups in total. The van der Waals surface area contributed by atoms with E-state index < -0.39 is 29.6 Å². The van der Waals surface area contributed by atoms with Gasteiger partial charge >= 0.3 is 0 Å². The van der Waals surface area contributed by atoms with Gasteiger partial charge in [-0.3, -0.25) is 14.4 Å². The van der Waals surface area contributed by atoms with Crippen molar-refractivity contribution in [3.63, 3.8) is 0 Å². The van der Waals surface area contributed by atoms with Crippen molar-refractivity contribution < 1.29 is 23.9 Å². The van der Waals surface area contributed by atoms with E-state index in [0.29, 0.717) is 24.0 Å². The topological polar surface area (TPSA) is 97.0 Å². The normalized spacial score (nSPS) is 28.3. The summed E-state index contributed by atoms with van der Waals surface area (Å²) < 4.78 is 12.4. The summed E-state index contributed by atoms with van der Waals surface area (Å²) in [7, 11) is 0. The third-order valence-electron chi connectivity index (χ3n) is 9.33. The van der Waals surface area contributed by atoms with Gasteiger partial charge in [0.05, 0.1) is 31.1 Å². The van der Waals surface area contributed by atoms with Crippen LogP contribution in [0.4, 0.5) is 5.69 Å². The van der Waals surface area contributed by atoms with Gasteiger partial charge in [-0.05, 0) is 49.4 Å². The summed E-state index contributed by atoms with van der Waals surface area (Å²) in [5, 5.41) is 6.27. The standard InChI is InChI=1S/C34H41N3O5/c1-4-41-26-13-9-8-10-23(26)20-37-30(32(39)36-24-11-6-5-7-12-24)34-19-18-27(42-34)28(29(34)33(37)40)31(38)35-25-16-14-22(15-17-25)21(2)3/h8-10,13-19,21,24,27-30H,4-7,11-12,20H2,1-3H3,(H,35,38)(H,36,39)/t27-,28+,29-,30-,34+/m1/s1. The minimum Gasteiger partial charge on any atom is -0.494 e. The maximum Gasteiger partial charge on any atom is 0.246 e. The summed E-state index contributed by atoms with van der Waals surface area (Å²) >= 11 is 0. The van der Waals surface area contributed by atoms with Gasteiger partial charge in [-0.25, -0.2) is 0 Å². The van der Waals surface area contributed by atoms with Crippen molar-refractivity contribution in [2.45, 2.75) is 89.1 Å². The third-order valence-corrected chi connectivity index (χ3v) is 9.33. The van der Waals surface area contributed by atoms with E-state index in [9.17, 15) is 14.4 Å². The van der Waals surface area contributed by atoms with Crippen LogP contribution in [0.5, 0.6) is 5.75 Å². The number of likely N-dealkylation sites (tertiary alicyclic amines) is 1. The van der Waals surface area contributed by atoms with Crippen LogP contribution in [0.2, 0.25) is 0 Å². The molecule has 1 saturated carbocycles. The Morgan fingerprint density at radius 3 is 2.50 bits per heavy atom. The number of nitrogens with zero attached hydrogens (tertiary/aromatic N) is 1. The lowest BCUT2D eigenvalue weighted by Gasteiger charge is -2.34. The van der Waals surface area contributed by atoms with Gasteiger partial charge in [-0.15, -0.1) is 0 Å². The van der Waals surface area contributed by atoms with Crippen LogP contribution >= 0.6 is 0 Å². The molecule has 1 aliphatic carbocycles. The summed E-state index contributed by atoms with van der Waals surface area (Å²) in [5.41, 5.74) is 1.46. The quantitative estimate of drug-likeness (QED) is 0.416. The lowest BCUT2D eigenvalue weighted by atomic mass is 9.74. The molecule has 4 aliphatic rings. The second kappa shape index (κ2) is 11.6. The highest BCUT2D eigenvalue weighted by atomic mass is 16.5. The molecule has 1 spiro atoms. The molecule has 2 aromatic rings. The number of fused-ring (bicyclic) bond motifs is 1. The predicted molar refractivity (Wildman–Crippen MR) is 160 cm³/mol. The Balaban J connectivity index is 1.31. The molecule has 42 heavy (non-hydrogen) atoms. The number of nitrogens with one attached hydrogen (secondary N) is 2. The molecule has 8 nitrogen and oxygen atoms in total. The third kappa shape index (κ3) is 5.00. The molecule has 2 saturated heterocycles. The van der Waals surface area contributed by atoms with E-state index in [0.717, 1.165) is 31.2 Å². The van der Waals surface area contributed by atoms with E-state index in [2.05, 4.69) is 24.5 Å². The van der Waals surface area contributed by atoms with Gasteiger partial charge < -0.3 is 25.0 Å². The van der Waals surface area contributed by atoms with Crippen molar-refractivity contribution in [2.75, 3.05) is 11.9 Å². The number of rotatable bonds is 9. The molecule has 6 rings (SSSR count). The number of carbonyl (C=O) groups is 3. The SMILES string of the molecule is CCOc1ccccc1CN1C(=O)[C@H]2[C@@H](C(=O)Nc3ccc(C(C)C)cc3)[C@H]3C=C[C@@]2(O3)[C@H]1C(=O)NC1CCCCC1. The molecule has 3 fully saturated rings. The number of benzene rings is 2. The van der Waals surface area contributed by atoms with Crippen LogP contribution in [0.25, 0.3) is 0 Å². The highest BCUT2D eigenvalue weighted by molar-refractivity contribution is 6.02. The summed E-state index contributed by atoms with van der Waals surface area (Å²) in [4.78, 5) is 43.9. The van der Waals surface area contributed by atoms with Gasteiger partial charge in [0.15, 0.2) is 0 Å². The van der Waals surface area contributed by atoms with Crippen LogP contribution in [0, 0.1) is 11.8 Å². The van der Waals surface area contributed by atoms with Crippen molar-refractivity contribution in [3.05, 3.63) is 71.8 Å². The fraction of sp³-hybridized carbons (Fsp3) is 0.500. The Hall–Kier alpha value is -3.65. The van der Waals surface area contributed by atoms with E-state index in [-0.39, 0.29) is 30.3 Å². The van der Waals surface area contributed by atoms with Gasteiger partial charge in [0.1, 0.15) is 17.4 Å². The molecule has 222 valence electrons. The van der Waals surface area contributed by atoms with Gasteiger partial charge in [-0.2, -0.15) is 0 Å². The predicted octanol–water partition coefficient (Wildman–Crippen LogP) is 4.95. The second-order valence-corrected chi connectivity index (χ2v) is 12.3. The number of anilines is 1. The van der Waals surface area contributed by atoms with E-state index in [1.165, 1.54) is 12.0 Å². The molecule has 2 aromatic carbocycles.